The number of aromatic nitrogens is 1. The van der Waals surface area contributed by atoms with Crippen LogP contribution in [0.1, 0.15) is 5.56 Å². The fourth-order valence-corrected chi connectivity index (χ4v) is 2.82. The summed E-state index contributed by atoms with van der Waals surface area (Å²) in [5.41, 5.74) is 2.36. The van der Waals surface area contributed by atoms with Crippen LogP contribution in [0.25, 0.3) is 10.9 Å². The Morgan fingerprint density at radius 2 is 2.11 bits per heavy atom. The highest BCUT2D eigenvalue weighted by atomic mass is 35.5. The van der Waals surface area contributed by atoms with Crippen molar-refractivity contribution in [2.45, 2.75) is 6.54 Å². The molecule has 2 N–H and O–H groups in total. The van der Waals surface area contributed by atoms with Gasteiger partial charge in [-0.05, 0) is 17.7 Å². The zero-order chi connectivity index (χ0) is 13.2. The van der Waals surface area contributed by atoms with E-state index < -0.39 is 0 Å². The third-order valence-electron chi connectivity index (χ3n) is 3.64. The number of ether oxygens (including phenoxy) is 1. The van der Waals surface area contributed by atoms with Crippen LogP contribution < -0.4 is 10.1 Å². The van der Waals surface area contributed by atoms with E-state index in [1.54, 1.807) is 7.11 Å². The molecule has 1 fully saturated rings. The van der Waals surface area contributed by atoms with Crippen molar-refractivity contribution >= 4 is 22.5 Å². The third-order valence-corrected chi connectivity index (χ3v) is 3.94. The number of halogens is 1. The molecule has 0 amide bonds. The number of methoxy groups -OCH3 is 1. The van der Waals surface area contributed by atoms with E-state index in [0.717, 1.165) is 44.0 Å². The van der Waals surface area contributed by atoms with E-state index in [0.29, 0.717) is 5.02 Å². The summed E-state index contributed by atoms with van der Waals surface area (Å²) >= 11 is 6.14. The first-order chi connectivity index (χ1) is 9.28. The summed E-state index contributed by atoms with van der Waals surface area (Å²) in [7, 11) is 1.65. The molecule has 0 saturated carbocycles. The van der Waals surface area contributed by atoms with Crippen molar-refractivity contribution in [2.24, 2.45) is 0 Å². The maximum Gasteiger partial charge on any atom is 0.138 e. The van der Waals surface area contributed by atoms with Crippen molar-refractivity contribution in [1.82, 2.24) is 15.2 Å². The Balaban J connectivity index is 1.90. The van der Waals surface area contributed by atoms with Gasteiger partial charge in [-0.25, -0.2) is 0 Å². The number of nitrogens with zero attached hydrogens (tertiary/aromatic N) is 1. The van der Waals surface area contributed by atoms with Crippen molar-refractivity contribution in [2.75, 3.05) is 33.3 Å². The van der Waals surface area contributed by atoms with Crippen LogP contribution in [0.15, 0.2) is 18.3 Å². The molecule has 0 aliphatic carbocycles. The van der Waals surface area contributed by atoms with Crippen LogP contribution in [-0.4, -0.2) is 43.2 Å². The lowest BCUT2D eigenvalue weighted by Gasteiger charge is -2.26. The highest BCUT2D eigenvalue weighted by molar-refractivity contribution is 6.32. The van der Waals surface area contributed by atoms with Crippen molar-refractivity contribution in [3.8, 4) is 5.75 Å². The first kappa shape index (κ1) is 12.8. The van der Waals surface area contributed by atoms with Crippen LogP contribution in [0.2, 0.25) is 5.02 Å². The molecule has 102 valence electrons. The minimum Gasteiger partial charge on any atom is -0.495 e. The number of H-pyrrole nitrogens is 1. The number of rotatable bonds is 3. The van der Waals surface area contributed by atoms with E-state index in [4.69, 9.17) is 16.3 Å². The highest BCUT2D eigenvalue weighted by Gasteiger charge is 2.14. The second-order valence-electron chi connectivity index (χ2n) is 4.87. The summed E-state index contributed by atoms with van der Waals surface area (Å²) in [6.07, 6.45) is 2.07. The summed E-state index contributed by atoms with van der Waals surface area (Å²) in [5.74, 6) is 0.732. The van der Waals surface area contributed by atoms with Crippen LogP contribution in [0.5, 0.6) is 5.75 Å². The van der Waals surface area contributed by atoms with E-state index in [1.807, 2.05) is 12.1 Å². The predicted molar refractivity (Wildman–Crippen MR) is 78.0 cm³/mol. The Bertz CT molecular complexity index is 575. The van der Waals surface area contributed by atoms with Gasteiger partial charge in [0, 0.05) is 49.8 Å². The number of hydrogen-bond donors (Lipinski definition) is 2. The number of benzene rings is 1. The van der Waals surface area contributed by atoms with Crippen molar-refractivity contribution in [1.29, 1.82) is 0 Å². The van der Waals surface area contributed by atoms with Gasteiger partial charge in [0.25, 0.3) is 0 Å². The maximum absolute atomic E-state index is 6.14. The van der Waals surface area contributed by atoms with Crippen LogP contribution in [0.4, 0.5) is 0 Å². The molecule has 1 aliphatic rings. The molecule has 1 aromatic heterocycles. The van der Waals surface area contributed by atoms with Gasteiger partial charge in [-0.15, -0.1) is 0 Å². The molecule has 0 bridgehead atoms. The van der Waals surface area contributed by atoms with Gasteiger partial charge in [-0.2, -0.15) is 0 Å². The molecule has 4 nitrogen and oxygen atoms in total. The molecule has 3 rings (SSSR count). The third kappa shape index (κ3) is 2.56. The minimum absolute atomic E-state index is 0.644. The molecule has 0 radical (unpaired) electrons. The quantitative estimate of drug-likeness (QED) is 0.905. The van der Waals surface area contributed by atoms with Crippen molar-refractivity contribution in [3.63, 3.8) is 0 Å². The molecule has 19 heavy (non-hydrogen) atoms. The first-order valence-electron chi connectivity index (χ1n) is 6.54. The first-order valence-corrected chi connectivity index (χ1v) is 6.92. The largest absolute Gasteiger partial charge is 0.495 e. The fourth-order valence-electron chi connectivity index (χ4n) is 2.58. The molecule has 1 aromatic carbocycles. The molecule has 0 unspecified atom stereocenters. The van der Waals surface area contributed by atoms with Gasteiger partial charge in [-0.1, -0.05) is 11.6 Å². The van der Waals surface area contributed by atoms with Gasteiger partial charge in [0.1, 0.15) is 5.75 Å². The van der Waals surface area contributed by atoms with Crippen molar-refractivity contribution in [3.05, 3.63) is 28.9 Å². The molecule has 0 atom stereocenters. The zero-order valence-corrected chi connectivity index (χ0v) is 11.8. The van der Waals surface area contributed by atoms with E-state index in [1.165, 1.54) is 10.9 Å². The molecule has 5 heteroatoms. The van der Waals surface area contributed by atoms with Gasteiger partial charge in [0.05, 0.1) is 12.1 Å². The standard InChI is InChI=1S/C14H18ClN3O/c1-19-14-6-11-10(8-17-13(11)7-12(14)15)9-18-4-2-16-3-5-18/h6-8,16-17H,2-5,9H2,1H3. The number of nitrogens with one attached hydrogen (secondary N) is 2. The average molecular weight is 280 g/mol. The minimum atomic E-state index is 0.644. The van der Waals surface area contributed by atoms with Crippen LogP contribution in [0, 0.1) is 0 Å². The summed E-state index contributed by atoms with van der Waals surface area (Å²) < 4.78 is 5.30. The summed E-state index contributed by atoms with van der Waals surface area (Å²) in [4.78, 5) is 5.75. The molecule has 1 aliphatic heterocycles. The Kier molecular flexibility index (Phi) is 3.64. The highest BCUT2D eigenvalue weighted by Crippen LogP contribution is 2.31. The van der Waals surface area contributed by atoms with E-state index in [9.17, 15) is 0 Å². The van der Waals surface area contributed by atoms with E-state index in [2.05, 4.69) is 21.4 Å². The van der Waals surface area contributed by atoms with Crippen LogP contribution in [-0.2, 0) is 6.54 Å². The number of piperazine rings is 1. The summed E-state index contributed by atoms with van der Waals surface area (Å²) in [6.45, 7) is 5.29. The Hall–Kier alpha value is -1.23. The van der Waals surface area contributed by atoms with Gasteiger partial charge in [0.15, 0.2) is 0 Å². The molecule has 0 spiro atoms. The lowest BCUT2D eigenvalue weighted by molar-refractivity contribution is 0.234. The SMILES string of the molecule is COc1cc2c(CN3CCNCC3)c[nH]c2cc1Cl. The summed E-state index contributed by atoms with van der Waals surface area (Å²) in [5, 5.41) is 5.21. The normalized spacial score (nSPS) is 16.9. The number of fused-ring (bicyclic) bond motifs is 1. The Morgan fingerprint density at radius 3 is 2.84 bits per heavy atom. The van der Waals surface area contributed by atoms with E-state index >= 15 is 0 Å². The van der Waals surface area contributed by atoms with Gasteiger partial charge in [-0.3, -0.25) is 4.90 Å². The Morgan fingerprint density at radius 1 is 1.32 bits per heavy atom. The molecular weight excluding hydrogens is 262 g/mol. The number of hydrogen-bond acceptors (Lipinski definition) is 3. The molecular formula is C14H18ClN3O. The van der Waals surface area contributed by atoms with Crippen LogP contribution >= 0.6 is 11.6 Å². The molecule has 2 aromatic rings. The van der Waals surface area contributed by atoms with E-state index in [-0.39, 0.29) is 0 Å². The number of aromatic amines is 1. The summed E-state index contributed by atoms with van der Waals surface area (Å²) in [6, 6.07) is 3.95. The average Bonchev–Trinajstić information content (AvgIpc) is 2.81. The van der Waals surface area contributed by atoms with Gasteiger partial charge in [0.2, 0.25) is 0 Å². The molecule has 1 saturated heterocycles. The maximum atomic E-state index is 6.14. The lowest BCUT2D eigenvalue weighted by Crippen LogP contribution is -2.42. The smallest absolute Gasteiger partial charge is 0.138 e. The van der Waals surface area contributed by atoms with Gasteiger partial charge < -0.3 is 15.0 Å². The lowest BCUT2D eigenvalue weighted by atomic mass is 10.1. The van der Waals surface area contributed by atoms with Crippen LogP contribution in [0.3, 0.4) is 0 Å². The predicted octanol–water partition coefficient (Wildman–Crippen LogP) is 2.24. The van der Waals surface area contributed by atoms with Crippen molar-refractivity contribution < 1.29 is 4.74 Å². The molecule has 2 heterocycles. The second kappa shape index (κ2) is 5.41. The second-order valence-corrected chi connectivity index (χ2v) is 5.28. The monoisotopic (exact) mass is 279 g/mol. The fraction of sp³-hybridized carbons (Fsp3) is 0.429. The van der Waals surface area contributed by atoms with Gasteiger partial charge >= 0.3 is 0 Å². The Labute approximate surface area is 117 Å². The zero-order valence-electron chi connectivity index (χ0n) is 11.0. The topological polar surface area (TPSA) is 40.3 Å².